The number of carbonyl (C=O) groups is 1. The summed E-state index contributed by atoms with van der Waals surface area (Å²) in [6, 6.07) is 8.72. The summed E-state index contributed by atoms with van der Waals surface area (Å²) in [6.45, 7) is 2.81. The van der Waals surface area contributed by atoms with E-state index in [0.717, 1.165) is 13.1 Å². The number of rotatable bonds is 6. The molecule has 1 aromatic carbocycles. The van der Waals surface area contributed by atoms with E-state index >= 15 is 0 Å². The number of urea groups is 1. The van der Waals surface area contributed by atoms with Crippen LogP contribution in [0.2, 0.25) is 0 Å². The number of nitrogens with zero attached hydrogens (tertiary/aromatic N) is 2. The van der Waals surface area contributed by atoms with Gasteiger partial charge >= 0.3 is 6.03 Å². The van der Waals surface area contributed by atoms with Crippen molar-refractivity contribution in [2.75, 3.05) is 40.4 Å². The fourth-order valence-corrected chi connectivity index (χ4v) is 2.84. The molecule has 0 saturated carbocycles. The van der Waals surface area contributed by atoms with Crippen molar-refractivity contribution in [1.82, 2.24) is 20.5 Å². The first-order chi connectivity index (χ1) is 13.2. The molecule has 8 nitrogen and oxygen atoms in total. The zero-order chi connectivity index (χ0) is 19.1. The Hall–Kier alpha value is -3.00. The van der Waals surface area contributed by atoms with Gasteiger partial charge in [-0.15, -0.1) is 0 Å². The molecule has 1 aromatic heterocycles. The van der Waals surface area contributed by atoms with Gasteiger partial charge in [0.25, 0.3) is 0 Å². The van der Waals surface area contributed by atoms with E-state index < -0.39 is 6.23 Å². The van der Waals surface area contributed by atoms with E-state index in [9.17, 15) is 4.79 Å². The smallest absolute Gasteiger partial charge is 0.320 e. The van der Waals surface area contributed by atoms with Gasteiger partial charge in [0.1, 0.15) is 17.2 Å². The van der Waals surface area contributed by atoms with Crippen LogP contribution < -0.4 is 24.8 Å². The number of amides is 2. The van der Waals surface area contributed by atoms with Crippen LogP contribution in [0.5, 0.6) is 17.2 Å². The minimum absolute atomic E-state index is 0.199. The maximum absolute atomic E-state index is 12.7. The largest absolute Gasteiger partial charge is 0.497 e. The molecular formula is C19H24N4O4. The van der Waals surface area contributed by atoms with Gasteiger partial charge < -0.3 is 24.4 Å². The second kappa shape index (κ2) is 9.09. The lowest BCUT2D eigenvalue weighted by atomic mass is 10.1. The van der Waals surface area contributed by atoms with E-state index in [1.165, 1.54) is 0 Å². The first kappa shape index (κ1) is 18.8. The van der Waals surface area contributed by atoms with E-state index in [1.807, 2.05) is 0 Å². The van der Waals surface area contributed by atoms with Crippen molar-refractivity contribution < 1.29 is 19.0 Å². The first-order valence-corrected chi connectivity index (χ1v) is 8.76. The monoisotopic (exact) mass is 372 g/mol. The second-order valence-electron chi connectivity index (χ2n) is 5.98. The molecule has 3 rings (SSSR count). The fourth-order valence-electron chi connectivity index (χ4n) is 2.84. The molecule has 0 bridgehead atoms. The number of piperazine rings is 1. The summed E-state index contributed by atoms with van der Waals surface area (Å²) < 4.78 is 16.8. The standard InChI is InChI=1S/C19H24N4O4/c1-25-14-5-6-17(26-2)16(12-14)18(27-15-4-3-7-21-13-15)22-19(24)23-10-8-20-9-11-23/h3-7,12-13,18,20H,8-11H2,1-2H3,(H,22,24). The lowest BCUT2D eigenvalue weighted by molar-refractivity contribution is 0.137. The molecule has 0 spiro atoms. The average molecular weight is 372 g/mol. The fraction of sp³-hybridized carbons (Fsp3) is 0.368. The summed E-state index contributed by atoms with van der Waals surface area (Å²) in [4.78, 5) is 18.6. The van der Waals surface area contributed by atoms with Gasteiger partial charge in [-0.2, -0.15) is 0 Å². The zero-order valence-electron chi connectivity index (χ0n) is 15.5. The van der Waals surface area contributed by atoms with Crippen LogP contribution in [0.4, 0.5) is 4.79 Å². The molecule has 1 unspecified atom stereocenters. The summed E-state index contributed by atoms with van der Waals surface area (Å²) in [7, 11) is 3.16. The SMILES string of the molecule is COc1ccc(OC)c(C(NC(=O)N2CCNCC2)Oc2cccnc2)c1. The number of aromatic nitrogens is 1. The van der Waals surface area contributed by atoms with Crippen molar-refractivity contribution in [2.45, 2.75) is 6.23 Å². The number of hydrogen-bond donors (Lipinski definition) is 2. The Bertz CT molecular complexity index is 751. The Morgan fingerprint density at radius 2 is 2.00 bits per heavy atom. The maximum Gasteiger partial charge on any atom is 0.320 e. The lowest BCUT2D eigenvalue weighted by Crippen LogP contribution is -2.51. The molecule has 1 atom stereocenters. The minimum atomic E-state index is -0.762. The van der Waals surface area contributed by atoms with Gasteiger partial charge in [0.2, 0.25) is 6.23 Å². The van der Waals surface area contributed by atoms with Crippen LogP contribution >= 0.6 is 0 Å². The highest BCUT2D eigenvalue weighted by atomic mass is 16.5. The van der Waals surface area contributed by atoms with Crippen molar-refractivity contribution in [3.05, 3.63) is 48.3 Å². The lowest BCUT2D eigenvalue weighted by Gasteiger charge is -2.30. The Morgan fingerprint density at radius 3 is 2.67 bits per heavy atom. The molecule has 1 aliphatic heterocycles. The molecule has 2 aromatic rings. The van der Waals surface area contributed by atoms with E-state index in [-0.39, 0.29) is 6.03 Å². The number of pyridine rings is 1. The van der Waals surface area contributed by atoms with Crippen molar-refractivity contribution in [1.29, 1.82) is 0 Å². The molecule has 144 valence electrons. The van der Waals surface area contributed by atoms with E-state index in [2.05, 4.69) is 15.6 Å². The topological polar surface area (TPSA) is 85.0 Å². The molecule has 2 N–H and O–H groups in total. The Kier molecular flexibility index (Phi) is 6.32. The molecule has 8 heteroatoms. The maximum atomic E-state index is 12.7. The Labute approximate surface area is 158 Å². The van der Waals surface area contributed by atoms with Gasteiger partial charge in [-0.1, -0.05) is 0 Å². The number of methoxy groups -OCH3 is 2. The van der Waals surface area contributed by atoms with E-state index in [0.29, 0.717) is 35.9 Å². The minimum Gasteiger partial charge on any atom is -0.497 e. The predicted molar refractivity (Wildman–Crippen MR) is 100 cm³/mol. The Balaban J connectivity index is 1.88. The van der Waals surface area contributed by atoms with Crippen molar-refractivity contribution in [3.8, 4) is 17.2 Å². The third-order valence-corrected chi connectivity index (χ3v) is 4.27. The molecule has 0 radical (unpaired) electrons. The number of nitrogens with one attached hydrogen (secondary N) is 2. The van der Waals surface area contributed by atoms with E-state index in [4.69, 9.17) is 14.2 Å². The summed E-state index contributed by atoms with van der Waals surface area (Å²) in [5.74, 6) is 1.76. The quantitative estimate of drug-likeness (QED) is 0.752. The molecule has 2 amide bonds. The van der Waals surface area contributed by atoms with Crippen molar-refractivity contribution in [3.63, 3.8) is 0 Å². The van der Waals surface area contributed by atoms with Gasteiger partial charge in [0.05, 0.1) is 26.0 Å². The highest BCUT2D eigenvalue weighted by Crippen LogP contribution is 2.31. The van der Waals surface area contributed by atoms with Gasteiger partial charge in [0.15, 0.2) is 0 Å². The highest BCUT2D eigenvalue weighted by molar-refractivity contribution is 5.75. The molecule has 1 saturated heterocycles. The van der Waals surface area contributed by atoms with E-state index in [1.54, 1.807) is 61.8 Å². The summed E-state index contributed by atoms with van der Waals surface area (Å²) in [5, 5.41) is 6.18. The highest BCUT2D eigenvalue weighted by Gasteiger charge is 2.25. The molecule has 27 heavy (non-hydrogen) atoms. The number of ether oxygens (including phenoxy) is 3. The third kappa shape index (κ3) is 4.79. The Morgan fingerprint density at radius 1 is 1.19 bits per heavy atom. The average Bonchev–Trinajstić information content (AvgIpc) is 2.74. The van der Waals surface area contributed by atoms with Crippen LogP contribution in [-0.4, -0.2) is 56.3 Å². The summed E-state index contributed by atoms with van der Waals surface area (Å²) in [5.41, 5.74) is 0.657. The molecule has 2 heterocycles. The molecule has 1 aliphatic rings. The van der Waals surface area contributed by atoms with Crippen LogP contribution in [-0.2, 0) is 0 Å². The number of carbonyl (C=O) groups excluding carboxylic acids is 1. The molecule has 1 fully saturated rings. The van der Waals surface area contributed by atoms with Crippen LogP contribution in [0.25, 0.3) is 0 Å². The van der Waals surface area contributed by atoms with Gasteiger partial charge in [0, 0.05) is 32.4 Å². The van der Waals surface area contributed by atoms with Crippen LogP contribution in [0.3, 0.4) is 0 Å². The molecule has 0 aliphatic carbocycles. The zero-order valence-corrected chi connectivity index (χ0v) is 15.5. The van der Waals surface area contributed by atoms with Gasteiger partial charge in [-0.25, -0.2) is 4.79 Å². The summed E-state index contributed by atoms with van der Waals surface area (Å²) in [6.07, 6.45) is 2.49. The summed E-state index contributed by atoms with van der Waals surface area (Å²) >= 11 is 0. The van der Waals surface area contributed by atoms with Crippen LogP contribution in [0, 0.1) is 0 Å². The van der Waals surface area contributed by atoms with Gasteiger partial charge in [-0.3, -0.25) is 10.3 Å². The van der Waals surface area contributed by atoms with Gasteiger partial charge in [-0.05, 0) is 30.3 Å². The number of hydrogen-bond acceptors (Lipinski definition) is 6. The van der Waals surface area contributed by atoms with Crippen LogP contribution in [0.1, 0.15) is 11.8 Å². The third-order valence-electron chi connectivity index (χ3n) is 4.27. The van der Waals surface area contributed by atoms with Crippen LogP contribution in [0.15, 0.2) is 42.7 Å². The second-order valence-corrected chi connectivity index (χ2v) is 5.98. The van der Waals surface area contributed by atoms with Crippen molar-refractivity contribution >= 4 is 6.03 Å². The predicted octanol–water partition coefficient (Wildman–Crippen LogP) is 1.79. The molecular weight excluding hydrogens is 348 g/mol. The normalized spacial score (nSPS) is 15.0. The first-order valence-electron chi connectivity index (χ1n) is 8.76. The van der Waals surface area contributed by atoms with Crippen molar-refractivity contribution in [2.24, 2.45) is 0 Å². The number of benzene rings is 1.